The van der Waals surface area contributed by atoms with Gasteiger partial charge in [-0.3, -0.25) is 4.79 Å². The number of rotatable bonds is 4. The third-order valence-corrected chi connectivity index (χ3v) is 3.80. The summed E-state index contributed by atoms with van der Waals surface area (Å²) in [6.07, 6.45) is 0. The fourth-order valence-corrected chi connectivity index (χ4v) is 2.63. The number of aryl methyl sites for hydroxylation is 2. The minimum Gasteiger partial charge on any atom is -0.458 e. The van der Waals surface area contributed by atoms with Crippen LogP contribution in [0.3, 0.4) is 0 Å². The van der Waals surface area contributed by atoms with Gasteiger partial charge in [0.1, 0.15) is 16.5 Å². The molecule has 5 nitrogen and oxygen atoms in total. The Balaban J connectivity index is 2.86. The van der Waals surface area contributed by atoms with E-state index >= 15 is 0 Å². The largest absolute Gasteiger partial charge is 0.458 e. The highest BCUT2D eigenvalue weighted by molar-refractivity contribution is 7.13. The van der Waals surface area contributed by atoms with Gasteiger partial charge in [0.15, 0.2) is 0 Å². The number of thiazole rings is 1. The summed E-state index contributed by atoms with van der Waals surface area (Å²) in [5.74, 6) is -0.745. The second-order valence-corrected chi connectivity index (χ2v) is 7.58. The number of carbonyl (C=O) groups is 2. The van der Waals surface area contributed by atoms with Crippen LogP contribution in [-0.4, -0.2) is 28.5 Å². The summed E-state index contributed by atoms with van der Waals surface area (Å²) in [6, 6.07) is -0.668. The molecule has 0 unspecified atom stereocenters. The summed E-state index contributed by atoms with van der Waals surface area (Å²) in [6.45, 7) is 12.8. The summed E-state index contributed by atoms with van der Waals surface area (Å²) in [4.78, 5) is 29.3. The van der Waals surface area contributed by atoms with E-state index in [9.17, 15) is 9.59 Å². The van der Waals surface area contributed by atoms with Crippen LogP contribution >= 0.6 is 11.3 Å². The van der Waals surface area contributed by atoms with Gasteiger partial charge in [0.2, 0.25) is 0 Å². The highest BCUT2D eigenvalue weighted by atomic mass is 32.1. The molecular formula is C15H24N2O3S. The summed E-state index contributed by atoms with van der Waals surface area (Å²) in [5.41, 5.74) is 0.105. The first-order valence-electron chi connectivity index (χ1n) is 6.99. The SMILES string of the molecule is Cc1nc(C)c(C(=O)N[C@H](C(=O)OC(C)(C)C)C(C)C)s1. The van der Waals surface area contributed by atoms with Crippen LogP contribution in [0.4, 0.5) is 0 Å². The Morgan fingerprint density at radius 1 is 1.24 bits per heavy atom. The number of nitrogens with one attached hydrogen (secondary N) is 1. The number of hydrogen-bond acceptors (Lipinski definition) is 5. The lowest BCUT2D eigenvalue weighted by Crippen LogP contribution is -2.47. The van der Waals surface area contributed by atoms with E-state index in [0.29, 0.717) is 10.6 Å². The number of nitrogens with zero attached hydrogens (tertiary/aromatic N) is 1. The van der Waals surface area contributed by atoms with Crippen molar-refractivity contribution in [2.24, 2.45) is 5.92 Å². The van der Waals surface area contributed by atoms with Crippen LogP contribution in [0.2, 0.25) is 0 Å². The van der Waals surface area contributed by atoms with E-state index in [1.165, 1.54) is 11.3 Å². The van der Waals surface area contributed by atoms with E-state index in [1.807, 2.05) is 20.8 Å². The predicted octanol–water partition coefficient (Wildman–Crippen LogP) is 2.86. The maximum absolute atomic E-state index is 12.3. The lowest BCUT2D eigenvalue weighted by Gasteiger charge is -2.26. The molecule has 0 aliphatic heterocycles. The maximum Gasteiger partial charge on any atom is 0.329 e. The Morgan fingerprint density at radius 3 is 2.19 bits per heavy atom. The van der Waals surface area contributed by atoms with Crippen molar-refractivity contribution in [1.29, 1.82) is 0 Å². The van der Waals surface area contributed by atoms with Crippen molar-refractivity contribution in [2.45, 2.75) is 60.1 Å². The normalized spacial score (nSPS) is 13.1. The van der Waals surface area contributed by atoms with Crippen LogP contribution in [0.1, 0.15) is 55.0 Å². The molecule has 1 N–H and O–H groups in total. The quantitative estimate of drug-likeness (QED) is 0.868. The van der Waals surface area contributed by atoms with Crippen LogP contribution in [-0.2, 0) is 9.53 Å². The summed E-state index contributed by atoms with van der Waals surface area (Å²) in [5, 5.41) is 3.60. The fraction of sp³-hybridized carbons (Fsp3) is 0.667. The van der Waals surface area contributed by atoms with E-state index in [1.54, 1.807) is 27.7 Å². The molecule has 1 heterocycles. The molecule has 21 heavy (non-hydrogen) atoms. The predicted molar refractivity (Wildman–Crippen MR) is 83.5 cm³/mol. The average Bonchev–Trinajstić information content (AvgIpc) is 2.62. The topological polar surface area (TPSA) is 68.3 Å². The van der Waals surface area contributed by atoms with Gasteiger partial charge >= 0.3 is 5.97 Å². The summed E-state index contributed by atoms with van der Waals surface area (Å²) in [7, 11) is 0. The Labute approximate surface area is 130 Å². The first kappa shape index (κ1) is 17.6. The zero-order valence-corrected chi connectivity index (χ0v) is 14.6. The molecule has 1 rings (SSSR count). The molecule has 0 radical (unpaired) electrons. The lowest BCUT2D eigenvalue weighted by atomic mass is 10.0. The van der Waals surface area contributed by atoms with Gasteiger partial charge in [-0.1, -0.05) is 13.8 Å². The number of ether oxygens (including phenoxy) is 1. The Hall–Kier alpha value is -1.43. The van der Waals surface area contributed by atoms with Crippen LogP contribution in [0, 0.1) is 19.8 Å². The molecule has 0 aromatic carbocycles. The second kappa shape index (κ2) is 6.56. The van der Waals surface area contributed by atoms with Crippen LogP contribution in [0.15, 0.2) is 0 Å². The van der Waals surface area contributed by atoms with Gasteiger partial charge < -0.3 is 10.1 Å². The summed E-state index contributed by atoms with van der Waals surface area (Å²) >= 11 is 1.33. The third-order valence-electron chi connectivity index (χ3n) is 2.72. The third kappa shape index (κ3) is 5.12. The second-order valence-electron chi connectivity index (χ2n) is 6.38. The maximum atomic E-state index is 12.3. The molecule has 0 saturated carbocycles. The van der Waals surface area contributed by atoms with Crippen LogP contribution < -0.4 is 5.32 Å². The fourth-order valence-electron chi connectivity index (χ4n) is 1.81. The zero-order chi connectivity index (χ0) is 16.4. The minimum atomic E-state index is -0.668. The van der Waals surface area contributed by atoms with Gasteiger partial charge in [0.25, 0.3) is 5.91 Å². The van der Waals surface area contributed by atoms with E-state index in [2.05, 4.69) is 10.3 Å². The first-order valence-corrected chi connectivity index (χ1v) is 7.80. The molecule has 0 spiro atoms. The van der Waals surface area contributed by atoms with Gasteiger partial charge in [-0.15, -0.1) is 11.3 Å². The van der Waals surface area contributed by atoms with Crippen molar-refractivity contribution in [3.63, 3.8) is 0 Å². The van der Waals surface area contributed by atoms with Gasteiger partial charge in [-0.05, 0) is 40.5 Å². The van der Waals surface area contributed by atoms with Gasteiger partial charge in [0.05, 0.1) is 10.7 Å². The average molecular weight is 312 g/mol. The van der Waals surface area contributed by atoms with Gasteiger partial charge in [-0.2, -0.15) is 0 Å². The van der Waals surface area contributed by atoms with Crippen molar-refractivity contribution in [3.05, 3.63) is 15.6 Å². The Kier molecular flexibility index (Phi) is 5.50. The van der Waals surface area contributed by atoms with Crippen molar-refractivity contribution in [3.8, 4) is 0 Å². The van der Waals surface area contributed by atoms with Crippen molar-refractivity contribution < 1.29 is 14.3 Å². The molecule has 1 aromatic heterocycles. The van der Waals surface area contributed by atoms with Crippen molar-refractivity contribution in [1.82, 2.24) is 10.3 Å². The van der Waals surface area contributed by atoms with Crippen LogP contribution in [0.5, 0.6) is 0 Å². The molecule has 118 valence electrons. The standard InChI is InChI=1S/C15H24N2O3S/c1-8(2)11(14(19)20-15(5,6)7)17-13(18)12-9(3)16-10(4)21-12/h8,11H,1-7H3,(H,17,18)/t11-/m0/s1. The lowest BCUT2D eigenvalue weighted by molar-refractivity contribution is -0.158. The molecule has 1 amide bonds. The molecule has 0 fully saturated rings. The highest BCUT2D eigenvalue weighted by Crippen LogP contribution is 2.18. The number of esters is 1. The summed E-state index contributed by atoms with van der Waals surface area (Å²) < 4.78 is 5.37. The van der Waals surface area contributed by atoms with Gasteiger partial charge in [0, 0.05) is 0 Å². The molecule has 0 aliphatic rings. The molecule has 1 aromatic rings. The molecule has 0 aliphatic carbocycles. The number of carbonyl (C=O) groups excluding carboxylic acids is 2. The number of hydrogen-bond donors (Lipinski definition) is 1. The van der Waals surface area contributed by atoms with E-state index in [4.69, 9.17) is 4.74 Å². The first-order chi connectivity index (χ1) is 9.51. The zero-order valence-electron chi connectivity index (χ0n) is 13.7. The Morgan fingerprint density at radius 2 is 1.81 bits per heavy atom. The van der Waals surface area contributed by atoms with Gasteiger partial charge in [-0.25, -0.2) is 9.78 Å². The molecule has 6 heteroatoms. The van der Waals surface area contributed by atoms with Crippen molar-refractivity contribution >= 4 is 23.2 Å². The highest BCUT2D eigenvalue weighted by Gasteiger charge is 2.30. The molecule has 0 saturated heterocycles. The van der Waals surface area contributed by atoms with E-state index in [0.717, 1.165) is 5.01 Å². The molecular weight excluding hydrogens is 288 g/mol. The smallest absolute Gasteiger partial charge is 0.329 e. The number of aromatic nitrogens is 1. The monoisotopic (exact) mass is 312 g/mol. The number of amides is 1. The van der Waals surface area contributed by atoms with Crippen molar-refractivity contribution in [2.75, 3.05) is 0 Å². The van der Waals surface area contributed by atoms with Crippen LogP contribution in [0.25, 0.3) is 0 Å². The van der Waals surface area contributed by atoms with E-state index < -0.39 is 17.6 Å². The van der Waals surface area contributed by atoms with E-state index in [-0.39, 0.29) is 11.8 Å². The molecule has 1 atom stereocenters. The minimum absolute atomic E-state index is 0.0573. The molecule has 0 bridgehead atoms. The Bertz CT molecular complexity index is 530.